The van der Waals surface area contributed by atoms with Crippen LogP contribution in [0, 0.1) is 5.92 Å². The van der Waals surface area contributed by atoms with Gasteiger partial charge in [-0.3, -0.25) is 4.79 Å². The first-order chi connectivity index (χ1) is 7.88. The summed E-state index contributed by atoms with van der Waals surface area (Å²) in [5.41, 5.74) is -0.379. The summed E-state index contributed by atoms with van der Waals surface area (Å²) in [5, 5.41) is 3.49. The Labute approximate surface area is 105 Å². The normalized spacial score (nSPS) is 20.0. The van der Waals surface area contributed by atoms with Gasteiger partial charge in [-0.1, -0.05) is 26.2 Å². The van der Waals surface area contributed by atoms with Gasteiger partial charge in [0.05, 0.1) is 5.92 Å². The summed E-state index contributed by atoms with van der Waals surface area (Å²) in [6.45, 7) is 8.40. The summed E-state index contributed by atoms with van der Waals surface area (Å²) in [5.74, 6) is -0.156. The Bertz CT molecular complexity index is 239. The average Bonchev–Trinajstić information content (AvgIpc) is 2.25. The highest BCUT2D eigenvalue weighted by atomic mass is 16.6. The van der Waals surface area contributed by atoms with Crippen LogP contribution in [0.3, 0.4) is 0 Å². The second-order valence-corrected chi connectivity index (χ2v) is 6.18. The molecule has 0 heterocycles. The van der Waals surface area contributed by atoms with Gasteiger partial charge in [-0.25, -0.2) is 0 Å². The average molecular weight is 241 g/mol. The molecule has 17 heavy (non-hydrogen) atoms. The van der Waals surface area contributed by atoms with Crippen LogP contribution < -0.4 is 5.32 Å². The molecule has 0 spiro atoms. The number of nitrogens with one attached hydrogen (secondary N) is 1. The number of rotatable bonds is 4. The maximum absolute atomic E-state index is 11.8. The van der Waals surface area contributed by atoms with Gasteiger partial charge in [0.1, 0.15) is 5.60 Å². The number of hydrogen-bond donors (Lipinski definition) is 1. The summed E-state index contributed by atoms with van der Waals surface area (Å²) in [6, 6.07) is 0.605. The van der Waals surface area contributed by atoms with Crippen LogP contribution in [0.5, 0.6) is 0 Å². The van der Waals surface area contributed by atoms with E-state index >= 15 is 0 Å². The van der Waals surface area contributed by atoms with Crippen LogP contribution >= 0.6 is 0 Å². The third-order valence-electron chi connectivity index (χ3n) is 3.13. The van der Waals surface area contributed by atoms with Gasteiger partial charge < -0.3 is 10.1 Å². The van der Waals surface area contributed by atoms with Gasteiger partial charge in [-0.2, -0.15) is 0 Å². The molecule has 0 aromatic rings. The Morgan fingerprint density at radius 2 is 1.88 bits per heavy atom. The Morgan fingerprint density at radius 1 is 1.29 bits per heavy atom. The predicted octanol–water partition coefficient (Wildman–Crippen LogP) is 2.89. The summed E-state index contributed by atoms with van der Waals surface area (Å²) < 4.78 is 5.36. The van der Waals surface area contributed by atoms with E-state index in [1.54, 1.807) is 0 Å². The molecule has 1 fully saturated rings. The van der Waals surface area contributed by atoms with Crippen molar-refractivity contribution in [3.8, 4) is 0 Å². The first-order valence-electron chi connectivity index (χ1n) is 6.85. The molecule has 1 atom stereocenters. The molecule has 1 aliphatic rings. The van der Waals surface area contributed by atoms with E-state index in [-0.39, 0.29) is 17.5 Å². The Morgan fingerprint density at radius 3 is 2.41 bits per heavy atom. The highest BCUT2D eigenvalue weighted by Crippen LogP contribution is 2.18. The predicted molar refractivity (Wildman–Crippen MR) is 69.9 cm³/mol. The second kappa shape index (κ2) is 6.39. The summed E-state index contributed by atoms with van der Waals surface area (Å²) in [6.07, 6.45) is 6.50. The van der Waals surface area contributed by atoms with Gasteiger partial charge in [0.25, 0.3) is 0 Å². The van der Waals surface area contributed by atoms with Crippen molar-refractivity contribution in [3.63, 3.8) is 0 Å². The summed E-state index contributed by atoms with van der Waals surface area (Å²) in [4.78, 5) is 11.8. The number of ether oxygens (including phenoxy) is 1. The summed E-state index contributed by atoms with van der Waals surface area (Å²) >= 11 is 0. The van der Waals surface area contributed by atoms with Crippen LogP contribution in [-0.2, 0) is 9.53 Å². The monoisotopic (exact) mass is 241 g/mol. The third-order valence-corrected chi connectivity index (χ3v) is 3.13. The Balaban J connectivity index is 2.23. The molecule has 0 aliphatic heterocycles. The minimum atomic E-state index is -0.379. The van der Waals surface area contributed by atoms with Crippen LogP contribution in [0.25, 0.3) is 0 Å². The standard InChI is InChI=1S/C14H27NO2/c1-11(13(16)17-14(2,3)4)10-15-12-8-6-5-7-9-12/h11-12,15H,5-10H2,1-4H3/t11-/m0/s1. The molecule has 0 aromatic carbocycles. The van der Waals surface area contributed by atoms with E-state index in [9.17, 15) is 4.79 Å². The van der Waals surface area contributed by atoms with Gasteiger partial charge in [-0.15, -0.1) is 0 Å². The number of hydrogen-bond acceptors (Lipinski definition) is 3. The lowest BCUT2D eigenvalue weighted by atomic mass is 9.95. The Kier molecular flexibility index (Phi) is 5.44. The highest BCUT2D eigenvalue weighted by molar-refractivity contribution is 5.72. The minimum absolute atomic E-state index is 0.0591. The van der Waals surface area contributed by atoms with Crippen LogP contribution in [0.15, 0.2) is 0 Å². The SMILES string of the molecule is C[C@@H](CNC1CCCCC1)C(=O)OC(C)(C)C. The van der Waals surface area contributed by atoms with Crippen molar-refractivity contribution < 1.29 is 9.53 Å². The second-order valence-electron chi connectivity index (χ2n) is 6.18. The van der Waals surface area contributed by atoms with Gasteiger partial charge in [0.15, 0.2) is 0 Å². The third kappa shape index (κ3) is 6.06. The van der Waals surface area contributed by atoms with Crippen molar-refractivity contribution in [3.05, 3.63) is 0 Å². The molecule has 1 rings (SSSR count). The van der Waals surface area contributed by atoms with Gasteiger partial charge in [0, 0.05) is 12.6 Å². The molecule has 0 radical (unpaired) electrons. The van der Waals surface area contributed by atoms with Crippen molar-refractivity contribution in [2.75, 3.05) is 6.54 Å². The van der Waals surface area contributed by atoms with E-state index in [1.165, 1.54) is 32.1 Å². The fraction of sp³-hybridized carbons (Fsp3) is 0.929. The zero-order valence-corrected chi connectivity index (χ0v) is 11.7. The molecule has 3 nitrogen and oxygen atoms in total. The number of carbonyl (C=O) groups excluding carboxylic acids is 1. The van der Waals surface area contributed by atoms with E-state index in [1.807, 2.05) is 27.7 Å². The van der Waals surface area contributed by atoms with Crippen LogP contribution in [-0.4, -0.2) is 24.2 Å². The molecule has 1 saturated carbocycles. The quantitative estimate of drug-likeness (QED) is 0.769. The van der Waals surface area contributed by atoms with E-state index in [2.05, 4.69) is 5.32 Å². The maximum atomic E-state index is 11.8. The number of esters is 1. The molecule has 3 heteroatoms. The van der Waals surface area contributed by atoms with Crippen LogP contribution in [0.1, 0.15) is 59.8 Å². The van der Waals surface area contributed by atoms with Crippen molar-refractivity contribution in [1.29, 1.82) is 0 Å². The van der Waals surface area contributed by atoms with Gasteiger partial charge >= 0.3 is 5.97 Å². The largest absolute Gasteiger partial charge is 0.460 e. The lowest BCUT2D eigenvalue weighted by Gasteiger charge is -2.26. The zero-order valence-electron chi connectivity index (χ0n) is 11.7. The topological polar surface area (TPSA) is 38.3 Å². The molecule has 1 aliphatic carbocycles. The van der Waals surface area contributed by atoms with E-state index in [4.69, 9.17) is 4.74 Å². The summed E-state index contributed by atoms with van der Waals surface area (Å²) in [7, 11) is 0. The smallest absolute Gasteiger partial charge is 0.310 e. The molecular weight excluding hydrogens is 214 g/mol. The van der Waals surface area contributed by atoms with E-state index < -0.39 is 0 Å². The number of carbonyl (C=O) groups is 1. The van der Waals surface area contributed by atoms with Crippen LogP contribution in [0.2, 0.25) is 0 Å². The molecule has 1 N–H and O–H groups in total. The van der Waals surface area contributed by atoms with Gasteiger partial charge in [0.2, 0.25) is 0 Å². The minimum Gasteiger partial charge on any atom is -0.460 e. The lowest BCUT2D eigenvalue weighted by molar-refractivity contribution is -0.159. The van der Waals surface area contributed by atoms with Crippen molar-refractivity contribution in [2.45, 2.75) is 71.4 Å². The van der Waals surface area contributed by atoms with E-state index in [0.29, 0.717) is 6.04 Å². The fourth-order valence-electron chi connectivity index (χ4n) is 2.14. The molecular formula is C14H27NO2. The first-order valence-corrected chi connectivity index (χ1v) is 6.85. The Hall–Kier alpha value is -0.570. The molecule has 0 aromatic heterocycles. The molecule has 0 saturated heterocycles. The first kappa shape index (κ1) is 14.5. The lowest BCUT2D eigenvalue weighted by Crippen LogP contribution is -2.38. The van der Waals surface area contributed by atoms with Crippen molar-refractivity contribution in [2.24, 2.45) is 5.92 Å². The van der Waals surface area contributed by atoms with Crippen molar-refractivity contribution in [1.82, 2.24) is 5.32 Å². The maximum Gasteiger partial charge on any atom is 0.310 e. The highest BCUT2D eigenvalue weighted by Gasteiger charge is 2.22. The van der Waals surface area contributed by atoms with E-state index in [0.717, 1.165) is 6.54 Å². The molecule has 0 amide bonds. The molecule has 0 bridgehead atoms. The van der Waals surface area contributed by atoms with Crippen molar-refractivity contribution >= 4 is 5.97 Å². The van der Waals surface area contributed by atoms with Crippen LogP contribution in [0.4, 0.5) is 0 Å². The van der Waals surface area contributed by atoms with Gasteiger partial charge in [-0.05, 0) is 33.6 Å². The zero-order chi connectivity index (χ0) is 12.9. The molecule has 100 valence electrons. The molecule has 0 unspecified atom stereocenters. The fourth-order valence-corrected chi connectivity index (χ4v) is 2.14.